The van der Waals surface area contributed by atoms with Crippen LogP contribution < -0.4 is 0 Å². The Hall–Kier alpha value is -1.49. The van der Waals surface area contributed by atoms with Gasteiger partial charge in [-0.25, -0.2) is 9.07 Å². The molecule has 1 rings (SSSR count). The molecule has 0 spiro atoms. The molecule has 0 aromatic carbocycles. The highest BCUT2D eigenvalue weighted by Crippen LogP contribution is 2.16. The maximum atomic E-state index is 14.0. The van der Waals surface area contributed by atoms with E-state index in [0.717, 1.165) is 43.6 Å². The van der Waals surface area contributed by atoms with Gasteiger partial charge in [-0.15, -0.1) is 0 Å². The quantitative estimate of drug-likeness (QED) is 0.452. The van der Waals surface area contributed by atoms with E-state index in [-0.39, 0.29) is 5.84 Å². The number of hydrogen-bond donors (Lipinski definition) is 1. The van der Waals surface area contributed by atoms with E-state index in [9.17, 15) is 4.39 Å². The first kappa shape index (κ1) is 21.6. The van der Waals surface area contributed by atoms with Crippen LogP contribution in [0.15, 0.2) is 18.1 Å². The first-order valence-corrected chi connectivity index (χ1v) is 9.57. The molecule has 1 aromatic heterocycles. The standard InChI is InChI=1S/C20H35FN4/c1-6-8-10-19(21)20(22)25-15-18(17(4)23-25)14-16(3)11-13-24(5)12-9-7-2/h10,15-16,22H,6-9,11-14H2,1-5H3. The van der Waals surface area contributed by atoms with E-state index < -0.39 is 5.83 Å². The summed E-state index contributed by atoms with van der Waals surface area (Å²) in [6.07, 6.45) is 9.32. The second-order valence-corrected chi connectivity index (χ2v) is 7.13. The van der Waals surface area contributed by atoms with Crippen LogP contribution >= 0.6 is 0 Å². The van der Waals surface area contributed by atoms with E-state index in [2.05, 4.69) is 30.9 Å². The fourth-order valence-corrected chi connectivity index (χ4v) is 2.75. The number of hydrogen-bond acceptors (Lipinski definition) is 3. The molecule has 1 heterocycles. The molecule has 0 fully saturated rings. The monoisotopic (exact) mass is 350 g/mol. The van der Waals surface area contributed by atoms with Crippen molar-refractivity contribution in [3.05, 3.63) is 29.4 Å². The van der Waals surface area contributed by atoms with Crippen LogP contribution in [0.5, 0.6) is 0 Å². The van der Waals surface area contributed by atoms with Gasteiger partial charge < -0.3 is 4.90 Å². The van der Waals surface area contributed by atoms with Crippen molar-refractivity contribution < 1.29 is 4.39 Å². The smallest absolute Gasteiger partial charge is 0.181 e. The Kier molecular flexibility index (Phi) is 9.65. The Labute approximate surface area is 152 Å². The Bertz CT molecular complexity index is 562. The summed E-state index contributed by atoms with van der Waals surface area (Å²) in [6.45, 7) is 10.6. The third-order valence-electron chi connectivity index (χ3n) is 4.53. The molecule has 142 valence electrons. The summed E-state index contributed by atoms with van der Waals surface area (Å²) in [5, 5.41) is 12.3. The largest absolute Gasteiger partial charge is 0.306 e. The number of aromatic nitrogens is 2. The minimum atomic E-state index is -0.499. The molecule has 5 heteroatoms. The van der Waals surface area contributed by atoms with Crippen LogP contribution in [0.3, 0.4) is 0 Å². The van der Waals surface area contributed by atoms with Crippen LogP contribution in [0.4, 0.5) is 4.39 Å². The zero-order valence-corrected chi connectivity index (χ0v) is 16.6. The fraction of sp³-hybridized carbons (Fsp3) is 0.700. The molecule has 25 heavy (non-hydrogen) atoms. The van der Waals surface area contributed by atoms with Gasteiger partial charge in [0.2, 0.25) is 0 Å². The van der Waals surface area contributed by atoms with Crippen LogP contribution in [0.1, 0.15) is 64.1 Å². The maximum Gasteiger partial charge on any atom is 0.181 e. The lowest BCUT2D eigenvalue weighted by Gasteiger charge is -2.18. The number of halogens is 1. The van der Waals surface area contributed by atoms with Gasteiger partial charge in [-0.3, -0.25) is 5.41 Å². The van der Waals surface area contributed by atoms with Gasteiger partial charge in [0.05, 0.1) is 5.69 Å². The number of unbranched alkanes of at least 4 members (excludes halogenated alkanes) is 2. The van der Waals surface area contributed by atoms with Gasteiger partial charge in [-0.1, -0.05) is 33.6 Å². The SMILES string of the molecule is CCCC=C(F)C(=N)n1cc(CC(C)CCN(C)CCCC)c(C)n1. The van der Waals surface area contributed by atoms with E-state index in [1.807, 2.05) is 20.0 Å². The minimum Gasteiger partial charge on any atom is -0.306 e. The van der Waals surface area contributed by atoms with E-state index in [1.54, 1.807) is 0 Å². The number of nitrogens with one attached hydrogen (secondary N) is 1. The number of nitrogens with zero attached hydrogens (tertiary/aromatic N) is 3. The summed E-state index contributed by atoms with van der Waals surface area (Å²) in [5.41, 5.74) is 2.00. The Morgan fingerprint density at radius 1 is 1.36 bits per heavy atom. The van der Waals surface area contributed by atoms with Crippen molar-refractivity contribution in [1.29, 1.82) is 5.41 Å². The van der Waals surface area contributed by atoms with E-state index in [4.69, 9.17) is 5.41 Å². The fourth-order valence-electron chi connectivity index (χ4n) is 2.75. The van der Waals surface area contributed by atoms with Gasteiger partial charge in [0, 0.05) is 6.20 Å². The lowest BCUT2D eigenvalue weighted by molar-refractivity contribution is 0.300. The van der Waals surface area contributed by atoms with Crippen LogP contribution in [-0.4, -0.2) is 40.7 Å². The molecule has 0 bridgehead atoms. The molecule has 0 aliphatic carbocycles. The summed E-state index contributed by atoms with van der Waals surface area (Å²) in [7, 11) is 2.18. The van der Waals surface area contributed by atoms with E-state index in [0.29, 0.717) is 12.3 Å². The molecule has 0 amide bonds. The summed E-state index contributed by atoms with van der Waals surface area (Å²) >= 11 is 0. The molecule has 1 atom stereocenters. The minimum absolute atomic E-state index is 0.172. The van der Waals surface area contributed by atoms with Gasteiger partial charge in [-0.05, 0) is 70.3 Å². The first-order valence-electron chi connectivity index (χ1n) is 9.57. The molecule has 0 aliphatic heterocycles. The zero-order valence-electron chi connectivity index (χ0n) is 16.6. The summed E-state index contributed by atoms with van der Waals surface area (Å²) in [6, 6.07) is 0. The summed E-state index contributed by atoms with van der Waals surface area (Å²) < 4.78 is 15.3. The molecular weight excluding hydrogens is 315 g/mol. The van der Waals surface area contributed by atoms with E-state index >= 15 is 0 Å². The highest BCUT2D eigenvalue weighted by Gasteiger charge is 2.14. The van der Waals surface area contributed by atoms with Crippen molar-refractivity contribution >= 4 is 5.84 Å². The molecule has 0 saturated heterocycles. The summed E-state index contributed by atoms with van der Waals surface area (Å²) in [5.74, 6) is -0.133. The van der Waals surface area contributed by atoms with E-state index in [1.165, 1.54) is 23.6 Å². The summed E-state index contributed by atoms with van der Waals surface area (Å²) in [4.78, 5) is 2.39. The molecule has 0 saturated carbocycles. The number of allylic oxidation sites excluding steroid dienone is 2. The molecular formula is C20H35FN4. The maximum absolute atomic E-state index is 14.0. The highest BCUT2D eigenvalue weighted by atomic mass is 19.1. The molecule has 4 nitrogen and oxygen atoms in total. The molecule has 0 radical (unpaired) electrons. The molecule has 0 aliphatic rings. The van der Waals surface area contributed by atoms with Gasteiger partial charge in [-0.2, -0.15) is 5.10 Å². The average molecular weight is 351 g/mol. The average Bonchev–Trinajstić information content (AvgIpc) is 2.95. The topological polar surface area (TPSA) is 44.9 Å². The third-order valence-corrected chi connectivity index (χ3v) is 4.53. The van der Waals surface area contributed by atoms with Gasteiger partial charge >= 0.3 is 0 Å². The Balaban J connectivity index is 2.60. The predicted octanol–water partition coefficient (Wildman–Crippen LogP) is 4.97. The van der Waals surface area contributed by atoms with Crippen molar-refractivity contribution in [3.8, 4) is 0 Å². The Morgan fingerprint density at radius 2 is 2.08 bits per heavy atom. The second kappa shape index (κ2) is 11.2. The predicted molar refractivity (Wildman–Crippen MR) is 104 cm³/mol. The van der Waals surface area contributed by atoms with Gasteiger partial charge in [0.1, 0.15) is 0 Å². The highest BCUT2D eigenvalue weighted by molar-refractivity contribution is 5.94. The lowest BCUT2D eigenvalue weighted by Crippen LogP contribution is -2.22. The Morgan fingerprint density at radius 3 is 2.72 bits per heavy atom. The molecule has 1 unspecified atom stereocenters. The first-order chi connectivity index (χ1) is 11.9. The van der Waals surface area contributed by atoms with Crippen LogP contribution in [0.25, 0.3) is 0 Å². The van der Waals surface area contributed by atoms with Crippen LogP contribution in [0, 0.1) is 18.3 Å². The zero-order chi connectivity index (χ0) is 18.8. The number of aryl methyl sites for hydroxylation is 1. The van der Waals surface area contributed by atoms with Crippen molar-refractivity contribution in [2.75, 3.05) is 20.1 Å². The van der Waals surface area contributed by atoms with Crippen LogP contribution in [-0.2, 0) is 6.42 Å². The van der Waals surface area contributed by atoms with Crippen molar-refractivity contribution in [2.45, 2.75) is 66.2 Å². The van der Waals surface area contributed by atoms with Crippen LogP contribution in [0.2, 0.25) is 0 Å². The number of rotatable bonds is 11. The van der Waals surface area contributed by atoms with Gasteiger partial charge in [0.15, 0.2) is 11.7 Å². The molecule has 1 aromatic rings. The van der Waals surface area contributed by atoms with Gasteiger partial charge in [0.25, 0.3) is 0 Å². The normalized spacial score (nSPS) is 13.5. The second-order valence-electron chi connectivity index (χ2n) is 7.13. The van der Waals surface area contributed by atoms with Crippen molar-refractivity contribution in [1.82, 2.24) is 14.7 Å². The third kappa shape index (κ3) is 7.51. The van der Waals surface area contributed by atoms with Crippen molar-refractivity contribution in [2.24, 2.45) is 5.92 Å². The van der Waals surface area contributed by atoms with Crippen molar-refractivity contribution in [3.63, 3.8) is 0 Å². The molecule has 1 N–H and O–H groups in total. The lowest BCUT2D eigenvalue weighted by atomic mass is 9.98.